The molecule has 0 radical (unpaired) electrons. The zero-order valence-electron chi connectivity index (χ0n) is 14.6. The number of ether oxygens (including phenoxy) is 1. The highest BCUT2D eigenvalue weighted by molar-refractivity contribution is 6.32. The Morgan fingerprint density at radius 3 is 2.52 bits per heavy atom. The molecule has 1 aromatic heterocycles. The topological polar surface area (TPSA) is 91.0 Å². The van der Waals surface area contributed by atoms with Gasteiger partial charge in [-0.25, -0.2) is 4.79 Å². The minimum absolute atomic E-state index is 0.0216. The maximum absolute atomic E-state index is 12.4. The lowest BCUT2D eigenvalue weighted by molar-refractivity contribution is -0.153. The van der Waals surface area contributed by atoms with E-state index >= 15 is 0 Å². The zero-order valence-corrected chi connectivity index (χ0v) is 15.3. The number of anilines is 1. The van der Waals surface area contributed by atoms with E-state index in [4.69, 9.17) is 16.3 Å². The van der Waals surface area contributed by atoms with Gasteiger partial charge in [-0.15, -0.1) is 0 Å². The van der Waals surface area contributed by atoms with Crippen molar-refractivity contribution in [3.8, 4) is 11.4 Å². The Morgan fingerprint density at radius 1 is 1.10 bits per heavy atom. The smallest absolute Gasteiger partial charge is 0.422 e. The van der Waals surface area contributed by atoms with Gasteiger partial charge in [0.1, 0.15) is 12.3 Å². The first kappa shape index (κ1) is 20.4. The molecule has 0 aliphatic heterocycles. The van der Waals surface area contributed by atoms with Gasteiger partial charge in [-0.3, -0.25) is 4.79 Å². The maximum Gasteiger partial charge on any atom is 0.422 e. The van der Waals surface area contributed by atoms with Crippen molar-refractivity contribution in [2.24, 2.45) is 0 Å². The fraction of sp³-hybridized carbons (Fsp3) is 0.176. The van der Waals surface area contributed by atoms with Crippen LogP contribution in [0.3, 0.4) is 0 Å². The molecule has 29 heavy (non-hydrogen) atoms. The summed E-state index contributed by atoms with van der Waals surface area (Å²) >= 11 is 6.02. The lowest BCUT2D eigenvalue weighted by atomic mass is 10.3. The van der Waals surface area contributed by atoms with Crippen molar-refractivity contribution in [1.82, 2.24) is 19.8 Å². The number of rotatable bonds is 6. The van der Waals surface area contributed by atoms with Gasteiger partial charge in [-0.1, -0.05) is 35.9 Å². The number of para-hydroxylation sites is 3. The number of hydrogen-bond acceptors (Lipinski definition) is 5. The molecule has 3 rings (SSSR count). The quantitative estimate of drug-likeness (QED) is 0.653. The van der Waals surface area contributed by atoms with E-state index in [9.17, 15) is 22.8 Å². The van der Waals surface area contributed by atoms with Crippen molar-refractivity contribution in [3.05, 3.63) is 64.0 Å². The molecular weight excluding hydrogens is 415 g/mol. The molecule has 152 valence electrons. The fourth-order valence-corrected chi connectivity index (χ4v) is 2.55. The highest BCUT2D eigenvalue weighted by Crippen LogP contribution is 2.26. The van der Waals surface area contributed by atoms with Crippen molar-refractivity contribution in [2.45, 2.75) is 12.7 Å². The second-order valence-electron chi connectivity index (χ2n) is 5.73. The molecule has 0 saturated heterocycles. The largest absolute Gasteiger partial charge is 0.482 e. The van der Waals surface area contributed by atoms with Gasteiger partial charge in [0.15, 0.2) is 6.61 Å². The Balaban J connectivity index is 1.73. The van der Waals surface area contributed by atoms with Crippen LogP contribution in [-0.2, 0) is 11.3 Å². The predicted octanol–water partition coefficient (Wildman–Crippen LogP) is 2.66. The summed E-state index contributed by atoms with van der Waals surface area (Å²) < 4.78 is 43.5. The molecule has 0 fully saturated rings. The number of amides is 1. The van der Waals surface area contributed by atoms with E-state index in [1.165, 1.54) is 24.3 Å². The number of benzene rings is 2. The van der Waals surface area contributed by atoms with Gasteiger partial charge in [-0.05, 0) is 34.7 Å². The van der Waals surface area contributed by atoms with Gasteiger partial charge in [0.2, 0.25) is 5.91 Å². The summed E-state index contributed by atoms with van der Waals surface area (Å²) in [5.41, 5.74) is -0.403. The number of nitrogens with one attached hydrogen (secondary N) is 1. The second kappa shape index (κ2) is 8.35. The molecule has 0 saturated carbocycles. The van der Waals surface area contributed by atoms with Crippen molar-refractivity contribution < 1.29 is 22.7 Å². The molecule has 3 aromatic rings. The zero-order chi connectivity index (χ0) is 21.0. The van der Waals surface area contributed by atoms with Crippen molar-refractivity contribution in [3.63, 3.8) is 0 Å². The number of aromatic nitrogens is 4. The van der Waals surface area contributed by atoms with Crippen molar-refractivity contribution >= 4 is 23.2 Å². The first-order valence-electron chi connectivity index (χ1n) is 8.11. The van der Waals surface area contributed by atoms with Crippen LogP contribution in [0.2, 0.25) is 5.02 Å². The highest BCUT2D eigenvalue weighted by atomic mass is 35.5. The molecule has 0 aliphatic carbocycles. The molecular formula is C17H13ClF3N5O3. The third-order valence-electron chi connectivity index (χ3n) is 3.57. The van der Waals surface area contributed by atoms with E-state index in [-0.39, 0.29) is 22.1 Å². The third-order valence-corrected chi connectivity index (χ3v) is 3.89. The number of carbonyl (C=O) groups is 1. The van der Waals surface area contributed by atoms with E-state index in [0.717, 1.165) is 9.36 Å². The van der Waals surface area contributed by atoms with Gasteiger partial charge in [0.25, 0.3) is 0 Å². The standard InChI is InChI=1S/C17H13ClF3N5O3/c18-11-5-1-3-7-13(11)26-16(28)25(23-24-26)9-15(27)22-12-6-2-4-8-14(12)29-10-17(19,20)21/h1-8H,9-10H2,(H,22,27). The summed E-state index contributed by atoms with van der Waals surface area (Å²) in [6.07, 6.45) is -4.53. The number of tetrazole rings is 1. The molecule has 12 heteroatoms. The molecule has 1 amide bonds. The lowest BCUT2D eigenvalue weighted by Gasteiger charge is -2.13. The van der Waals surface area contributed by atoms with Crippen LogP contribution < -0.4 is 15.7 Å². The SMILES string of the molecule is O=C(Cn1nnn(-c2ccccc2Cl)c1=O)Nc1ccccc1OCC(F)(F)F. The van der Waals surface area contributed by atoms with Gasteiger partial charge in [-0.2, -0.15) is 22.5 Å². The average Bonchev–Trinajstić information content (AvgIpc) is 3.01. The Bertz CT molecular complexity index is 1080. The minimum atomic E-state index is -4.53. The number of carbonyl (C=O) groups excluding carboxylic acids is 1. The van der Waals surface area contributed by atoms with Crippen LogP contribution in [0, 0.1) is 0 Å². The molecule has 0 aliphatic rings. The number of hydrogen-bond donors (Lipinski definition) is 1. The fourth-order valence-electron chi connectivity index (χ4n) is 2.33. The van der Waals surface area contributed by atoms with Crippen LogP contribution in [0.15, 0.2) is 53.3 Å². The first-order chi connectivity index (χ1) is 13.7. The van der Waals surface area contributed by atoms with Crippen molar-refractivity contribution in [2.75, 3.05) is 11.9 Å². The van der Waals surface area contributed by atoms with Crippen molar-refractivity contribution in [1.29, 1.82) is 0 Å². The van der Waals surface area contributed by atoms with E-state index in [1.807, 2.05) is 0 Å². The Morgan fingerprint density at radius 2 is 1.79 bits per heavy atom. The summed E-state index contributed by atoms with van der Waals surface area (Å²) in [5, 5.41) is 9.96. The summed E-state index contributed by atoms with van der Waals surface area (Å²) in [5.74, 6) is -0.869. The third kappa shape index (κ3) is 5.13. The van der Waals surface area contributed by atoms with E-state index in [1.54, 1.807) is 24.3 Å². The molecule has 2 aromatic carbocycles. The van der Waals surface area contributed by atoms with E-state index in [2.05, 4.69) is 15.7 Å². The molecule has 0 unspecified atom stereocenters. The maximum atomic E-state index is 12.4. The summed E-state index contributed by atoms with van der Waals surface area (Å²) in [6, 6.07) is 12.1. The van der Waals surface area contributed by atoms with E-state index in [0.29, 0.717) is 0 Å². The van der Waals surface area contributed by atoms with E-state index < -0.39 is 30.9 Å². The predicted molar refractivity (Wildman–Crippen MR) is 97.3 cm³/mol. The normalized spacial score (nSPS) is 11.3. The summed E-state index contributed by atoms with van der Waals surface area (Å²) in [7, 11) is 0. The molecule has 1 N–H and O–H groups in total. The lowest BCUT2D eigenvalue weighted by Crippen LogP contribution is -2.30. The van der Waals surface area contributed by atoms with Crippen LogP contribution in [0.4, 0.5) is 18.9 Å². The monoisotopic (exact) mass is 427 g/mol. The first-order valence-corrected chi connectivity index (χ1v) is 8.48. The highest BCUT2D eigenvalue weighted by Gasteiger charge is 2.29. The number of nitrogens with zero attached hydrogens (tertiary/aromatic N) is 4. The van der Waals surface area contributed by atoms with Gasteiger partial charge >= 0.3 is 11.9 Å². The summed E-state index contributed by atoms with van der Waals surface area (Å²) in [6.45, 7) is -2.03. The van der Waals surface area contributed by atoms with Gasteiger partial charge in [0.05, 0.1) is 16.4 Å². The molecule has 0 atom stereocenters. The Labute approximate surface area is 166 Å². The molecule has 0 bridgehead atoms. The molecule has 1 heterocycles. The van der Waals surface area contributed by atoms with Crippen LogP contribution in [0.1, 0.15) is 0 Å². The number of halogens is 4. The van der Waals surface area contributed by atoms with Crippen LogP contribution in [0.5, 0.6) is 5.75 Å². The van der Waals surface area contributed by atoms with Crippen LogP contribution in [0.25, 0.3) is 5.69 Å². The Hall–Kier alpha value is -3.34. The van der Waals surface area contributed by atoms with Crippen LogP contribution >= 0.6 is 11.6 Å². The molecule has 8 nitrogen and oxygen atoms in total. The summed E-state index contributed by atoms with van der Waals surface area (Å²) in [4.78, 5) is 24.7. The van der Waals surface area contributed by atoms with Gasteiger partial charge < -0.3 is 10.1 Å². The number of alkyl halides is 3. The minimum Gasteiger partial charge on any atom is -0.482 e. The Kier molecular flexibility index (Phi) is 5.87. The molecule has 0 spiro atoms. The van der Waals surface area contributed by atoms with Gasteiger partial charge in [0, 0.05) is 0 Å². The van der Waals surface area contributed by atoms with Crippen LogP contribution in [-0.4, -0.2) is 38.5 Å². The second-order valence-corrected chi connectivity index (χ2v) is 6.14. The average molecular weight is 428 g/mol.